The van der Waals surface area contributed by atoms with Crippen LogP contribution in [0.5, 0.6) is 0 Å². The monoisotopic (exact) mass is 246 g/mol. The summed E-state index contributed by atoms with van der Waals surface area (Å²) in [6.07, 6.45) is -0.677. The van der Waals surface area contributed by atoms with Gasteiger partial charge in [-0.05, 0) is 20.8 Å². The summed E-state index contributed by atoms with van der Waals surface area (Å²) in [6, 6.07) is 0. The number of carbonyl (C=O) groups excluding carboxylic acids is 2. The number of amides is 1. The van der Waals surface area contributed by atoms with Crippen LogP contribution in [0.1, 0.15) is 20.8 Å². The van der Waals surface area contributed by atoms with E-state index in [0.717, 1.165) is 0 Å². The Morgan fingerprint density at radius 1 is 1.12 bits per heavy atom. The van der Waals surface area contributed by atoms with E-state index in [1.54, 1.807) is 20.8 Å². The van der Waals surface area contributed by atoms with Gasteiger partial charge in [0.2, 0.25) is 0 Å². The maximum Gasteiger partial charge on any atom is 0.408 e. The largest absolute Gasteiger partial charge is 0.480 e. The zero-order chi connectivity index (χ0) is 13.5. The van der Waals surface area contributed by atoms with Crippen LogP contribution in [0.25, 0.3) is 0 Å². The summed E-state index contributed by atoms with van der Waals surface area (Å²) in [4.78, 5) is 32.5. The van der Waals surface area contributed by atoms with Gasteiger partial charge in [0.05, 0.1) is 19.6 Å². The van der Waals surface area contributed by atoms with Gasteiger partial charge in [-0.15, -0.1) is 0 Å². The Kier molecular flexibility index (Phi) is 6.19. The van der Waals surface area contributed by atoms with Crippen molar-refractivity contribution in [3.8, 4) is 0 Å². The smallest absolute Gasteiger partial charge is 0.408 e. The van der Waals surface area contributed by atoms with Crippen LogP contribution in [-0.4, -0.2) is 48.2 Å². The summed E-state index contributed by atoms with van der Waals surface area (Å²) in [5.41, 5.74) is -0.616. The number of rotatable bonds is 6. The van der Waals surface area contributed by atoms with Gasteiger partial charge in [0.25, 0.3) is 0 Å². The van der Waals surface area contributed by atoms with E-state index in [-0.39, 0.29) is 25.4 Å². The van der Waals surface area contributed by atoms with Gasteiger partial charge >= 0.3 is 12.1 Å². The van der Waals surface area contributed by atoms with Crippen LogP contribution < -0.4 is 10.6 Å². The average molecular weight is 246 g/mol. The highest BCUT2D eigenvalue weighted by Gasteiger charge is 2.16. The van der Waals surface area contributed by atoms with Crippen LogP contribution in [0.4, 0.5) is 4.79 Å². The standard InChI is InChI=1S/C10H18N2O5/c1-10(2,3)17-9(16)12-5-7(13)4-11-6-8(14)15/h11H,4-6H2,1-3H3,(H,12,16)(H,14,15). The first-order valence-corrected chi connectivity index (χ1v) is 5.12. The quantitative estimate of drug-likeness (QED) is 0.597. The number of aliphatic carboxylic acids is 1. The maximum atomic E-state index is 11.2. The lowest BCUT2D eigenvalue weighted by Crippen LogP contribution is -2.38. The van der Waals surface area contributed by atoms with Gasteiger partial charge < -0.3 is 20.5 Å². The van der Waals surface area contributed by atoms with E-state index in [9.17, 15) is 14.4 Å². The van der Waals surface area contributed by atoms with Crippen molar-refractivity contribution in [1.82, 2.24) is 10.6 Å². The predicted octanol–water partition coefficient (Wildman–Crippen LogP) is -0.246. The summed E-state index contributed by atoms with van der Waals surface area (Å²) in [5, 5.41) is 13.0. The van der Waals surface area contributed by atoms with Crippen LogP contribution in [0.3, 0.4) is 0 Å². The van der Waals surface area contributed by atoms with E-state index in [1.807, 2.05) is 0 Å². The van der Waals surface area contributed by atoms with Crippen molar-refractivity contribution in [3.05, 3.63) is 0 Å². The van der Waals surface area contributed by atoms with Crippen molar-refractivity contribution >= 4 is 17.8 Å². The van der Waals surface area contributed by atoms with Crippen molar-refractivity contribution in [3.63, 3.8) is 0 Å². The molecule has 0 saturated heterocycles. The fourth-order valence-corrected chi connectivity index (χ4v) is 0.856. The number of ether oxygens (including phenoxy) is 1. The lowest BCUT2D eigenvalue weighted by atomic mass is 10.2. The van der Waals surface area contributed by atoms with Gasteiger partial charge in [0, 0.05) is 0 Å². The third kappa shape index (κ3) is 10.6. The molecule has 0 heterocycles. The molecule has 0 atom stereocenters. The van der Waals surface area contributed by atoms with Crippen LogP contribution in [0.15, 0.2) is 0 Å². The van der Waals surface area contributed by atoms with Gasteiger partial charge in [-0.1, -0.05) is 0 Å². The summed E-state index contributed by atoms with van der Waals surface area (Å²) in [6.45, 7) is 4.54. The third-order valence-corrected chi connectivity index (χ3v) is 1.43. The molecule has 98 valence electrons. The second kappa shape index (κ2) is 6.85. The van der Waals surface area contributed by atoms with Gasteiger partial charge in [-0.3, -0.25) is 9.59 Å². The minimum Gasteiger partial charge on any atom is -0.480 e. The molecule has 0 bridgehead atoms. The van der Waals surface area contributed by atoms with Gasteiger partial charge in [-0.25, -0.2) is 4.79 Å². The zero-order valence-corrected chi connectivity index (χ0v) is 10.2. The number of carbonyl (C=O) groups is 3. The van der Waals surface area contributed by atoms with Crippen molar-refractivity contribution < 1.29 is 24.2 Å². The molecule has 1 amide bonds. The average Bonchev–Trinajstić information content (AvgIpc) is 2.11. The second-order valence-electron chi connectivity index (χ2n) is 4.39. The van der Waals surface area contributed by atoms with Gasteiger partial charge in [0.1, 0.15) is 5.60 Å². The minimum atomic E-state index is -1.04. The van der Waals surface area contributed by atoms with Crippen LogP contribution in [0.2, 0.25) is 0 Å². The molecule has 17 heavy (non-hydrogen) atoms. The normalized spacial score (nSPS) is 10.8. The van der Waals surface area contributed by atoms with Crippen LogP contribution in [0, 0.1) is 0 Å². The van der Waals surface area contributed by atoms with Crippen molar-refractivity contribution in [2.45, 2.75) is 26.4 Å². The molecule has 0 aliphatic rings. The fourth-order valence-electron chi connectivity index (χ4n) is 0.856. The third-order valence-electron chi connectivity index (χ3n) is 1.43. The summed E-state index contributed by atoms with van der Waals surface area (Å²) in [5.74, 6) is -1.37. The van der Waals surface area contributed by atoms with E-state index in [1.165, 1.54) is 0 Å². The molecule has 0 aliphatic carbocycles. The molecule has 0 aliphatic heterocycles. The first-order valence-electron chi connectivity index (χ1n) is 5.12. The zero-order valence-electron chi connectivity index (χ0n) is 10.2. The number of carboxylic acids is 1. The predicted molar refractivity (Wildman–Crippen MR) is 59.7 cm³/mol. The Morgan fingerprint density at radius 3 is 2.18 bits per heavy atom. The van der Waals surface area contributed by atoms with E-state index in [2.05, 4.69) is 10.6 Å². The Bertz CT molecular complexity index is 296. The summed E-state index contributed by atoms with van der Waals surface area (Å²) < 4.78 is 4.91. The number of hydrogen-bond donors (Lipinski definition) is 3. The number of nitrogens with one attached hydrogen (secondary N) is 2. The number of alkyl carbamates (subject to hydrolysis) is 1. The molecular formula is C10H18N2O5. The highest BCUT2D eigenvalue weighted by Crippen LogP contribution is 2.05. The summed E-state index contributed by atoms with van der Waals surface area (Å²) >= 11 is 0. The molecule has 7 heteroatoms. The molecule has 7 nitrogen and oxygen atoms in total. The maximum absolute atomic E-state index is 11.2. The minimum absolute atomic E-state index is 0.109. The highest BCUT2D eigenvalue weighted by atomic mass is 16.6. The van der Waals surface area contributed by atoms with E-state index >= 15 is 0 Å². The molecular weight excluding hydrogens is 228 g/mol. The van der Waals surface area contributed by atoms with E-state index in [0.29, 0.717) is 0 Å². The molecule has 0 aromatic rings. The van der Waals surface area contributed by atoms with Crippen molar-refractivity contribution in [2.24, 2.45) is 0 Å². The Morgan fingerprint density at radius 2 is 1.71 bits per heavy atom. The first-order chi connectivity index (χ1) is 7.70. The molecule has 0 rings (SSSR count). The highest BCUT2D eigenvalue weighted by molar-refractivity contribution is 5.85. The fraction of sp³-hybridized carbons (Fsp3) is 0.700. The van der Waals surface area contributed by atoms with Crippen LogP contribution >= 0.6 is 0 Å². The molecule has 0 saturated carbocycles. The van der Waals surface area contributed by atoms with Crippen molar-refractivity contribution in [2.75, 3.05) is 19.6 Å². The van der Waals surface area contributed by atoms with Crippen LogP contribution in [-0.2, 0) is 14.3 Å². The molecule has 0 fully saturated rings. The summed E-state index contributed by atoms with van der Waals surface area (Å²) in [7, 11) is 0. The Hall–Kier alpha value is -1.63. The van der Waals surface area contributed by atoms with Gasteiger partial charge in [0.15, 0.2) is 5.78 Å². The lowest BCUT2D eigenvalue weighted by Gasteiger charge is -2.19. The SMILES string of the molecule is CC(C)(C)OC(=O)NCC(=O)CNCC(=O)O. The molecule has 0 radical (unpaired) electrons. The topological polar surface area (TPSA) is 105 Å². The number of hydrogen-bond acceptors (Lipinski definition) is 5. The molecule has 0 spiro atoms. The van der Waals surface area contributed by atoms with E-state index in [4.69, 9.17) is 9.84 Å². The second-order valence-corrected chi connectivity index (χ2v) is 4.39. The first kappa shape index (κ1) is 15.4. The molecule has 0 aromatic heterocycles. The number of ketones is 1. The Balaban J connectivity index is 3.70. The number of Topliss-reactive ketones (excluding diaryl/α,β-unsaturated/α-hetero) is 1. The number of carboxylic acid groups (broad SMARTS) is 1. The van der Waals surface area contributed by atoms with Crippen molar-refractivity contribution in [1.29, 1.82) is 0 Å². The molecule has 0 aromatic carbocycles. The van der Waals surface area contributed by atoms with Gasteiger partial charge in [-0.2, -0.15) is 0 Å². The Labute approximate surface area is 99.5 Å². The molecule has 0 unspecified atom stereocenters. The molecule has 3 N–H and O–H groups in total. The lowest BCUT2D eigenvalue weighted by molar-refractivity contribution is -0.136. The van der Waals surface area contributed by atoms with E-state index < -0.39 is 17.7 Å².